The molecule has 27 heavy (non-hydrogen) atoms. The number of fused-ring (bicyclic) bond motifs is 1. The molecule has 1 fully saturated rings. The molecule has 1 aliphatic rings. The minimum atomic E-state index is -3.78. The number of H-pyrrole nitrogens is 2. The van der Waals surface area contributed by atoms with Gasteiger partial charge in [-0.3, -0.25) is 9.78 Å². The number of aryl methyl sites for hydroxylation is 1. The van der Waals surface area contributed by atoms with Crippen LogP contribution in [0, 0.1) is 6.92 Å². The first-order valence-corrected chi connectivity index (χ1v) is 10.1. The van der Waals surface area contributed by atoms with Crippen molar-refractivity contribution < 1.29 is 8.42 Å². The predicted octanol–water partition coefficient (Wildman–Crippen LogP) is 2.05. The number of rotatable bonds is 3. The summed E-state index contributed by atoms with van der Waals surface area (Å²) in [5, 5.41) is 0.141. The third-order valence-electron chi connectivity index (χ3n) is 4.98. The molecule has 1 aliphatic heterocycles. The second-order valence-corrected chi connectivity index (χ2v) is 8.69. The molecule has 1 unspecified atom stereocenters. The molecule has 0 amide bonds. The first-order valence-electron chi connectivity index (χ1n) is 8.71. The van der Waals surface area contributed by atoms with E-state index in [0.29, 0.717) is 12.1 Å². The maximum Gasteiger partial charge on any atom is 0.326 e. The molecule has 0 aliphatic carbocycles. The van der Waals surface area contributed by atoms with Crippen molar-refractivity contribution in [3.05, 3.63) is 74.4 Å². The van der Waals surface area contributed by atoms with Gasteiger partial charge in [0.25, 0.3) is 5.56 Å². The average Bonchev–Trinajstić information content (AvgIpc) is 3.12. The van der Waals surface area contributed by atoms with E-state index in [9.17, 15) is 18.0 Å². The minimum Gasteiger partial charge on any atom is -0.307 e. The van der Waals surface area contributed by atoms with Crippen LogP contribution in [0.15, 0.2) is 56.9 Å². The Kier molecular flexibility index (Phi) is 4.24. The lowest BCUT2D eigenvalue weighted by Crippen LogP contribution is -2.31. The maximum absolute atomic E-state index is 13.2. The summed E-state index contributed by atoms with van der Waals surface area (Å²) in [6, 6.07) is 11.9. The Morgan fingerprint density at radius 1 is 1.04 bits per heavy atom. The number of hydrogen-bond donors (Lipinski definition) is 2. The largest absolute Gasteiger partial charge is 0.326 e. The molecule has 0 spiro atoms. The molecule has 7 nitrogen and oxygen atoms in total. The Bertz CT molecular complexity index is 1230. The van der Waals surface area contributed by atoms with Gasteiger partial charge in [-0.05, 0) is 43.5 Å². The second-order valence-electron chi connectivity index (χ2n) is 6.80. The normalized spacial score (nSPS) is 18.2. The number of hydrogen-bond acceptors (Lipinski definition) is 4. The molecule has 0 bridgehead atoms. The van der Waals surface area contributed by atoms with E-state index in [1.807, 2.05) is 31.2 Å². The van der Waals surface area contributed by atoms with Gasteiger partial charge in [0.1, 0.15) is 0 Å². The van der Waals surface area contributed by atoms with E-state index in [0.717, 1.165) is 24.0 Å². The van der Waals surface area contributed by atoms with Crippen molar-refractivity contribution >= 4 is 20.9 Å². The van der Waals surface area contributed by atoms with Crippen LogP contribution in [-0.4, -0.2) is 29.2 Å². The van der Waals surface area contributed by atoms with Crippen LogP contribution in [0.2, 0.25) is 0 Å². The van der Waals surface area contributed by atoms with Crippen LogP contribution in [-0.2, 0) is 10.0 Å². The van der Waals surface area contributed by atoms with Crippen LogP contribution in [0.5, 0.6) is 0 Å². The van der Waals surface area contributed by atoms with E-state index in [4.69, 9.17) is 0 Å². The van der Waals surface area contributed by atoms with Crippen molar-refractivity contribution in [3.63, 3.8) is 0 Å². The first-order chi connectivity index (χ1) is 12.9. The molecule has 2 aromatic carbocycles. The molecular weight excluding hydrogens is 366 g/mol. The van der Waals surface area contributed by atoms with E-state index in [-0.39, 0.29) is 16.3 Å². The molecule has 0 saturated carbocycles. The Morgan fingerprint density at radius 2 is 1.78 bits per heavy atom. The third-order valence-corrected chi connectivity index (χ3v) is 6.89. The molecule has 140 valence electrons. The zero-order valence-corrected chi connectivity index (χ0v) is 15.5. The maximum atomic E-state index is 13.2. The fraction of sp³-hybridized carbons (Fsp3) is 0.263. The number of aromatic nitrogens is 2. The molecule has 1 aromatic heterocycles. The number of nitrogens with one attached hydrogen (secondary N) is 2. The van der Waals surface area contributed by atoms with Crippen molar-refractivity contribution in [2.24, 2.45) is 0 Å². The quantitative estimate of drug-likeness (QED) is 0.720. The highest BCUT2D eigenvalue weighted by Gasteiger charge is 2.36. The summed E-state index contributed by atoms with van der Waals surface area (Å²) in [7, 11) is -3.78. The highest BCUT2D eigenvalue weighted by atomic mass is 32.2. The first kappa shape index (κ1) is 17.7. The van der Waals surface area contributed by atoms with Gasteiger partial charge in [-0.1, -0.05) is 29.8 Å². The summed E-state index contributed by atoms with van der Waals surface area (Å²) in [5.41, 5.74) is 1.15. The lowest BCUT2D eigenvalue weighted by molar-refractivity contribution is 0.397. The zero-order valence-electron chi connectivity index (χ0n) is 14.7. The van der Waals surface area contributed by atoms with Crippen LogP contribution in [0.4, 0.5) is 0 Å². The summed E-state index contributed by atoms with van der Waals surface area (Å²) in [6.07, 6.45) is 1.53. The van der Waals surface area contributed by atoms with E-state index < -0.39 is 21.3 Å². The zero-order chi connectivity index (χ0) is 19.2. The predicted molar refractivity (Wildman–Crippen MR) is 102 cm³/mol. The van der Waals surface area contributed by atoms with Gasteiger partial charge in [-0.25, -0.2) is 13.2 Å². The molecule has 1 atom stereocenters. The van der Waals surface area contributed by atoms with Gasteiger partial charge in [-0.15, -0.1) is 0 Å². The second kappa shape index (κ2) is 6.47. The molecule has 8 heteroatoms. The van der Waals surface area contributed by atoms with Gasteiger partial charge in [0.15, 0.2) is 0 Å². The lowest BCUT2D eigenvalue weighted by Gasteiger charge is -2.24. The van der Waals surface area contributed by atoms with Crippen molar-refractivity contribution in [1.82, 2.24) is 14.3 Å². The van der Waals surface area contributed by atoms with Gasteiger partial charge in [-0.2, -0.15) is 4.31 Å². The van der Waals surface area contributed by atoms with Crippen LogP contribution < -0.4 is 11.2 Å². The average molecular weight is 385 g/mol. The Hall–Kier alpha value is -2.71. The fourth-order valence-corrected chi connectivity index (χ4v) is 5.30. The van der Waals surface area contributed by atoms with Crippen molar-refractivity contribution in [2.75, 3.05) is 6.54 Å². The van der Waals surface area contributed by atoms with Crippen molar-refractivity contribution in [3.8, 4) is 0 Å². The SMILES string of the molecule is Cc1ccc(C2CCCN2S(=O)(=O)c2ccc3[nH]c(=O)[nH]c(=O)c3c2)cc1. The van der Waals surface area contributed by atoms with E-state index in [2.05, 4.69) is 9.97 Å². The summed E-state index contributed by atoms with van der Waals surface area (Å²) < 4.78 is 28.0. The van der Waals surface area contributed by atoms with Crippen LogP contribution in [0.25, 0.3) is 10.9 Å². The van der Waals surface area contributed by atoms with Crippen LogP contribution >= 0.6 is 0 Å². The minimum absolute atomic E-state index is 0.0477. The number of nitrogens with zero attached hydrogens (tertiary/aromatic N) is 1. The number of benzene rings is 2. The van der Waals surface area contributed by atoms with Gasteiger partial charge in [0.2, 0.25) is 10.0 Å². The Labute approximate surface area is 155 Å². The monoisotopic (exact) mass is 385 g/mol. The van der Waals surface area contributed by atoms with Gasteiger partial charge in [0.05, 0.1) is 21.8 Å². The smallest absolute Gasteiger partial charge is 0.307 e. The van der Waals surface area contributed by atoms with Crippen molar-refractivity contribution in [1.29, 1.82) is 0 Å². The number of sulfonamides is 1. The van der Waals surface area contributed by atoms with Crippen LogP contribution in [0.1, 0.15) is 30.0 Å². The van der Waals surface area contributed by atoms with Crippen LogP contribution in [0.3, 0.4) is 0 Å². The molecule has 2 N–H and O–H groups in total. The Morgan fingerprint density at radius 3 is 2.52 bits per heavy atom. The number of aromatic amines is 2. The molecule has 3 aromatic rings. The molecule has 4 rings (SSSR count). The van der Waals surface area contributed by atoms with Gasteiger partial charge in [0, 0.05) is 6.54 Å². The molecule has 2 heterocycles. The topological polar surface area (TPSA) is 103 Å². The van der Waals surface area contributed by atoms with E-state index in [1.54, 1.807) is 0 Å². The lowest BCUT2D eigenvalue weighted by atomic mass is 10.0. The Balaban J connectivity index is 1.78. The molecule has 1 saturated heterocycles. The van der Waals surface area contributed by atoms with Gasteiger partial charge < -0.3 is 4.98 Å². The summed E-state index contributed by atoms with van der Waals surface area (Å²) >= 11 is 0. The summed E-state index contributed by atoms with van der Waals surface area (Å²) in [5.74, 6) is 0. The highest BCUT2D eigenvalue weighted by molar-refractivity contribution is 7.89. The van der Waals surface area contributed by atoms with Gasteiger partial charge >= 0.3 is 5.69 Å². The van der Waals surface area contributed by atoms with E-state index in [1.165, 1.54) is 22.5 Å². The third kappa shape index (κ3) is 3.11. The van der Waals surface area contributed by atoms with E-state index >= 15 is 0 Å². The fourth-order valence-electron chi connectivity index (χ4n) is 3.59. The van der Waals surface area contributed by atoms with Crippen molar-refractivity contribution in [2.45, 2.75) is 30.7 Å². The summed E-state index contributed by atoms with van der Waals surface area (Å²) in [6.45, 7) is 2.42. The summed E-state index contributed by atoms with van der Waals surface area (Å²) in [4.78, 5) is 28.1. The molecule has 0 radical (unpaired) electrons. The highest BCUT2D eigenvalue weighted by Crippen LogP contribution is 2.36. The standard InChI is InChI=1S/C19H19N3O4S/c1-12-4-6-13(7-5-12)17-3-2-10-22(17)27(25,26)14-8-9-16-15(11-14)18(23)21-19(24)20-16/h4-9,11,17H,2-3,10H2,1H3,(H2,20,21,23,24). The molecular formula is C19H19N3O4S.